The first-order valence-corrected chi connectivity index (χ1v) is 4.05. The minimum absolute atomic E-state index is 0.614. The Labute approximate surface area is 80.1 Å². The fourth-order valence-electron chi connectivity index (χ4n) is 1.36. The Balaban J connectivity index is 2.89. The number of aliphatic hydroxyl groups is 5. The monoisotopic (exact) mass is 210 g/mol. The summed E-state index contributed by atoms with van der Waals surface area (Å²) in [5.41, 5.74) is 0. The van der Waals surface area contributed by atoms with Gasteiger partial charge < -0.3 is 35.0 Å². The van der Waals surface area contributed by atoms with Gasteiger partial charge in [-0.25, -0.2) is 0 Å². The third-order valence-electron chi connectivity index (χ3n) is 2.29. The SMILES string of the molecule is CO[C@]1(O)[C@H](O)[C@@H](CO)O[C@H](O)[C@@H]1O. The van der Waals surface area contributed by atoms with Crippen LogP contribution in [-0.2, 0) is 9.47 Å². The fraction of sp³-hybridized carbons (Fsp3) is 1.00. The summed E-state index contributed by atoms with van der Waals surface area (Å²) < 4.78 is 9.13. The van der Waals surface area contributed by atoms with Gasteiger partial charge in [-0.2, -0.15) is 0 Å². The third-order valence-corrected chi connectivity index (χ3v) is 2.29. The van der Waals surface area contributed by atoms with Crippen molar-refractivity contribution in [2.24, 2.45) is 0 Å². The van der Waals surface area contributed by atoms with Crippen LogP contribution >= 0.6 is 0 Å². The normalized spacial score (nSPS) is 49.3. The van der Waals surface area contributed by atoms with Gasteiger partial charge >= 0.3 is 0 Å². The summed E-state index contributed by atoms with van der Waals surface area (Å²) in [5.74, 6) is -2.34. The second-order valence-electron chi connectivity index (χ2n) is 3.09. The minimum Gasteiger partial charge on any atom is -0.394 e. The zero-order valence-corrected chi connectivity index (χ0v) is 7.57. The first kappa shape index (κ1) is 11.8. The van der Waals surface area contributed by atoms with Crippen LogP contribution in [0.1, 0.15) is 0 Å². The molecule has 5 N–H and O–H groups in total. The molecule has 0 aromatic carbocycles. The summed E-state index contributed by atoms with van der Waals surface area (Å²) in [6.07, 6.45) is -6.37. The topological polar surface area (TPSA) is 120 Å². The summed E-state index contributed by atoms with van der Waals surface area (Å²) in [5, 5.41) is 46.2. The van der Waals surface area contributed by atoms with E-state index in [9.17, 15) is 15.3 Å². The van der Waals surface area contributed by atoms with E-state index in [1.807, 2.05) is 0 Å². The molecular weight excluding hydrogens is 196 g/mol. The molecular formula is C7H14O7. The quantitative estimate of drug-likeness (QED) is 0.304. The Morgan fingerprint density at radius 2 is 1.86 bits per heavy atom. The van der Waals surface area contributed by atoms with Crippen LogP contribution < -0.4 is 0 Å². The molecule has 0 spiro atoms. The van der Waals surface area contributed by atoms with Crippen molar-refractivity contribution in [1.82, 2.24) is 0 Å². The maximum atomic E-state index is 9.62. The van der Waals surface area contributed by atoms with Gasteiger partial charge in [-0.05, 0) is 0 Å². The standard InChI is InChI=1S/C7H14O7/c1-13-7(12)4(9)3(2-8)14-6(11)5(7)10/h3-6,8-12H,2H2,1H3/t3-,4-,5+,6+,7-/m1/s1. The van der Waals surface area contributed by atoms with Gasteiger partial charge in [0.1, 0.15) is 12.2 Å². The van der Waals surface area contributed by atoms with Crippen LogP contribution in [0.15, 0.2) is 0 Å². The molecule has 7 heteroatoms. The summed E-state index contributed by atoms with van der Waals surface area (Å²) in [6, 6.07) is 0. The minimum atomic E-state index is -2.34. The molecule has 0 saturated carbocycles. The number of hydrogen-bond donors (Lipinski definition) is 5. The van der Waals surface area contributed by atoms with Gasteiger partial charge in [-0.15, -0.1) is 0 Å². The van der Waals surface area contributed by atoms with Crippen LogP contribution in [0.2, 0.25) is 0 Å². The van der Waals surface area contributed by atoms with Gasteiger partial charge in [0.15, 0.2) is 12.4 Å². The molecule has 84 valence electrons. The lowest BCUT2D eigenvalue weighted by atomic mass is 9.95. The summed E-state index contributed by atoms with van der Waals surface area (Å²) in [7, 11) is 1.05. The molecule has 0 amide bonds. The number of ether oxygens (including phenoxy) is 2. The zero-order chi connectivity index (χ0) is 10.9. The van der Waals surface area contributed by atoms with Gasteiger partial charge in [0, 0.05) is 7.11 Å². The average molecular weight is 210 g/mol. The largest absolute Gasteiger partial charge is 0.394 e. The molecule has 1 saturated heterocycles. The molecule has 0 unspecified atom stereocenters. The van der Waals surface area contributed by atoms with Gasteiger partial charge in [0.05, 0.1) is 6.61 Å². The first-order chi connectivity index (χ1) is 6.47. The molecule has 7 nitrogen and oxygen atoms in total. The predicted octanol–water partition coefficient (Wildman–Crippen LogP) is -3.25. The average Bonchev–Trinajstić information content (AvgIpc) is 2.20. The molecule has 1 fully saturated rings. The van der Waals surface area contributed by atoms with Crippen LogP contribution in [0.3, 0.4) is 0 Å². The Kier molecular flexibility index (Phi) is 3.43. The van der Waals surface area contributed by atoms with Crippen molar-refractivity contribution < 1.29 is 35.0 Å². The van der Waals surface area contributed by atoms with E-state index in [1.54, 1.807) is 0 Å². The van der Waals surface area contributed by atoms with Gasteiger partial charge in [-0.1, -0.05) is 0 Å². The lowest BCUT2D eigenvalue weighted by Crippen LogP contribution is -2.67. The van der Waals surface area contributed by atoms with E-state index >= 15 is 0 Å². The van der Waals surface area contributed by atoms with Crippen molar-refractivity contribution in [3.05, 3.63) is 0 Å². The van der Waals surface area contributed by atoms with Crippen molar-refractivity contribution in [1.29, 1.82) is 0 Å². The van der Waals surface area contributed by atoms with Crippen molar-refractivity contribution in [2.45, 2.75) is 30.4 Å². The van der Waals surface area contributed by atoms with Crippen LogP contribution in [0.5, 0.6) is 0 Å². The Morgan fingerprint density at radius 3 is 2.29 bits per heavy atom. The second kappa shape index (κ2) is 4.07. The maximum Gasteiger partial charge on any atom is 0.226 e. The lowest BCUT2D eigenvalue weighted by molar-refractivity contribution is -0.387. The summed E-state index contributed by atoms with van der Waals surface area (Å²) in [6.45, 7) is -0.614. The Morgan fingerprint density at radius 1 is 1.29 bits per heavy atom. The number of rotatable bonds is 2. The smallest absolute Gasteiger partial charge is 0.226 e. The van der Waals surface area contributed by atoms with E-state index in [2.05, 4.69) is 9.47 Å². The van der Waals surface area contributed by atoms with Crippen LogP contribution in [-0.4, -0.2) is 69.6 Å². The highest BCUT2D eigenvalue weighted by Gasteiger charge is 2.55. The van der Waals surface area contributed by atoms with Crippen LogP contribution in [0.25, 0.3) is 0 Å². The van der Waals surface area contributed by atoms with E-state index < -0.39 is 37.0 Å². The summed E-state index contributed by atoms with van der Waals surface area (Å²) >= 11 is 0. The maximum absolute atomic E-state index is 9.62. The molecule has 0 radical (unpaired) electrons. The number of hydrogen-bond acceptors (Lipinski definition) is 7. The highest BCUT2D eigenvalue weighted by molar-refractivity contribution is 4.95. The van der Waals surface area contributed by atoms with Crippen molar-refractivity contribution in [3.63, 3.8) is 0 Å². The highest BCUT2D eigenvalue weighted by atomic mass is 16.7. The number of methoxy groups -OCH3 is 1. The molecule has 1 aliphatic heterocycles. The Hall–Kier alpha value is -0.280. The van der Waals surface area contributed by atoms with E-state index in [-0.39, 0.29) is 0 Å². The molecule has 1 heterocycles. The van der Waals surface area contributed by atoms with Gasteiger partial charge in [-0.3, -0.25) is 0 Å². The van der Waals surface area contributed by atoms with Gasteiger partial charge in [0.2, 0.25) is 5.79 Å². The molecule has 0 bridgehead atoms. The fourth-order valence-corrected chi connectivity index (χ4v) is 1.36. The Bertz CT molecular complexity index is 198. The third kappa shape index (κ3) is 1.63. The molecule has 5 atom stereocenters. The van der Waals surface area contributed by atoms with Crippen molar-refractivity contribution in [2.75, 3.05) is 13.7 Å². The van der Waals surface area contributed by atoms with E-state index in [1.165, 1.54) is 0 Å². The van der Waals surface area contributed by atoms with Crippen molar-refractivity contribution >= 4 is 0 Å². The molecule has 0 aromatic rings. The predicted molar refractivity (Wildman–Crippen MR) is 41.9 cm³/mol. The molecule has 0 aromatic heterocycles. The van der Waals surface area contributed by atoms with Gasteiger partial charge in [0.25, 0.3) is 0 Å². The lowest BCUT2D eigenvalue weighted by Gasteiger charge is -2.44. The van der Waals surface area contributed by atoms with E-state index in [0.29, 0.717) is 0 Å². The molecule has 1 rings (SSSR count). The van der Waals surface area contributed by atoms with E-state index in [0.717, 1.165) is 7.11 Å². The molecule has 1 aliphatic rings. The summed E-state index contributed by atoms with van der Waals surface area (Å²) in [4.78, 5) is 0. The van der Waals surface area contributed by atoms with E-state index in [4.69, 9.17) is 10.2 Å². The second-order valence-corrected chi connectivity index (χ2v) is 3.09. The van der Waals surface area contributed by atoms with Crippen LogP contribution in [0.4, 0.5) is 0 Å². The zero-order valence-electron chi connectivity index (χ0n) is 7.57. The highest BCUT2D eigenvalue weighted by Crippen LogP contribution is 2.29. The molecule has 14 heavy (non-hydrogen) atoms. The first-order valence-electron chi connectivity index (χ1n) is 4.05. The van der Waals surface area contributed by atoms with Crippen molar-refractivity contribution in [3.8, 4) is 0 Å². The number of aliphatic hydroxyl groups excluding tert-OH is 4. The molecule has 0 aliphatic carbocycles. The van der Waals surface area contributed by atoms with Crippen LogP contribution in [0, 0.1) is 0 Å².